The van der Waals surface area contributed by atoms with Crippen LogP contribution in [0.5, 0.6) is 5.88 Å². The number of hydrogen-bond donors (Lipinski definition) is 1. The van der Waals surface area contributed by atoms with Gasteiger partial charge in [-0.15, -0.1) is 11.6 Å². The largest absolute Gasteiger partial charge is 0.477 e. The Labute approximate surface area is 113 Å². The molecule has 0 spiro atoms. The summed E-state index contributed by atoms with van der Waals surface area (Å²) in [6.07, 6.45) is 8.19. The fourth-order valence-corrected chi connectivity index (χ4v) is 2.65. The van der Waals surface area contributed by atoms with Crippen LogP contribution in [0, 0.1) is 5.92 Å². The predicted molar refractivity (Wildman–Crippen MR) is 73.3 cm³/mol. The minimum atomic E-state index is 0.286. The number of nitrogens with one attached hydrogen (secondary N) is 1. The van der Waals surface area contributed by atoms with Crippen LogP contribution < -0.4 is 10.1 Å². The first kappa shape index (κ1) is 13.4. The summed E-state index contributed by atoms with van der Waals surface area (Å²) in [7, 11) is 0. The second-order valence-corrected chi connectivity index (χ2v) is 5.18. The summed E-state index contributed by atoms with van der Waals surface area (Å²) < 4.78 is 5.32. The number of nitrogens with zero attached hydrogens (tertiary/aromatic N) is 2. The van der Waals surface area contributed by atoms with Crippen molar-refractivity contribution in [3.63, 3.8) is 0 Å². The van der Waals surface area contributed by atoms with Gasteiger partial charge < -0.3 is 10.1 Å². The van der Waals surface area contributed by atoms with Gasteiger partial charge in [0.2, 0.25) is 5.88 Å². The molecule has 0 amide bonds. The third kappa shape index (κ3) is 3.73. The average Bonchev–Trinajstić information content (AvgIpc) is 2.39. The highest BCUT2D eigenvalue weighted by atomic mass is 35.5. The third-order valence-corrected chi connectivity index (χ3v) is 3.84. The van der Waals surface area contributed by atoms with E-state index in [1.807, 2.05) is 6.92 Å². The van der Waals surface area contributed by atoms with E-state index < -0.39 is 0 Å². The van der Waals surface area contributed by atoms with Crippen molar-refractivity contribution in [2.45, 2.75) is 38.0 Å². The predicted octanol–water partition coefficient (Wildman–Crippen LogP) is 3.08. The Morgan fingerprint density at radius 3 is 3.00 bits per heavy atom. The van der Waals surface area contributed by atoms with Gasteiger partial charge in [-0.05, 0) is 25.7 Å². The molecule has 2 rings (SSSR count). The van der Waals surface area contributed by atoms with Crippen molar-refractivity contribution >= 4 is 17.4 Å². The number of alkyl halides is 1. The molecule has 1 aliphatic carbocycles. The average molecular weight is 270 g/mol. The highest BCUT2D eigenvalue weighted by molar-refractivity contribution is 6.20. The fraction of sp³-hybridized carbons (Fsp3) is 0.692. The van der Waals surface area contributed by atoms with Gasteiger partial charge in [0.05, 0.1) is 19.0 Å². The van der Waals surface area contributed by atoms with Crippen molar-refractivity contribution in [2.75, 3.05) is 18.5 Å². The molecule has 1 aliphatic rings. The molecule has 1 N–H and O–H groups in total. The number of anilines is 1. The normalized spacial score (nSPS) is 23.7. The molecular weight excluding hydrogens is 250 g/mol. The number of aromatic nitrogens is 2. The fourth-order valence-electron chi connectivity index (χ4n) is 2.28. The summed E-state index contributed by atoms with van der Waals surface area (Å²) in [6.45, 7) is 3.39. The molecule has 0 radical (unpaired) electrons. The van der Waals surface area contributed by atoms with Crippen LogP contribution >= 0.6 is 11.6 Å². The molecule has 1 heterocycles. The van der Waals surface area contributed by atoms with E-state index in [1.165, 1.54) is 19.3 Å². The molecule has 1 fully saturated rings. The highest BCUT2D eigenvalue weighted by Gasteiger charge is 2.22. The molecule has 0 bridgehead atoms. The first-order valence-corrected chi connectivity index (χ1v) is 7.06. The van der Waals surface area contributed by atoms with Crippen LogP contribution in [0.15, 0.2) is 12.4 Å². The van der Waals surface area contributed by atoms with Gasteiger partial charge >= 0.3 is 0 Å². The molecule has 2 unspecified atom stereocenters. The lowest BCUT2D eigenvalue weighted by Gasteiger charge is -2.27. The summed E-state index contributed by atoms with van der Waals surface area (Å²) in [6, 6.07) is 0. The van der Waals surface area contributed by atoms with E-state index in [-0.39, 0.29) is 5.38 Å². The zero-order valence-electron chi connectivity index (χ0n) is 10.7. The van der Waals surface area contributed by atoms with E-state index in [0.29, 0.717) is 18.4 Å². The zero-order valence-corrected chi connectivity index (χ0v) is 11.5. The smallest absolute Gasteiger partial charge is 0.234 e. The lowest BCUT2D eigenvalue weighted by Crippen LogP contribution is -2.27. The monoisotopic (exact) mass is 269 g/mol. The molecule has 2 atom stereocenters. The molecule has 100 valence electrons. The summed E-state index contributed by atoms with van der Waals surface area (Å²) in [5, 5.41) is 3.59. The SMILES string of the molecule is CCOc1cncc(NCC2CCCCC2Cl)n1. The van der Waals surface area contributed by atoms with Crippen LogP contribution in [0.3, 0.4) is 0 Å². The lowest BCUT2D eigenvalue weighted by molar-refractivity contribution is 0.325. The standard InChI is InChI=1S/C13H20ClN3O/c1-2-18-13-9-15-8-12(17-13)16-7-10-5-3-4-6-11(10)14/h8-11H,2-7H2,1H3,(H,16,17). The van der Waals surface area contributed by atoms with Crippen LogP contribution in [0.25, 0.3) is 0 Å². The van der Waals surface area contributed by atoms with E-state index in [9.17, 15) is 0 Å². The molecule has 0 aromatic carbocycles. The highest BCUT2D eigenvalue weighted by Crippen LogP contribution is 2.28. The Morgan fingerprint density at radius 1 is 1.39 bits per heavy atom. The number of hydrogen-bond acceptors (Lipinski definition) is 4. The van der Waals surface area contributed by atoms with Gasteiger partial charge in [-0.2, -0.15) is 4.98 Å². The van der Waals surface area contributed by atoms with E-state index in [4.69, 9.17) is 16.3 Å². The maximum absolute atomic E-state index is 6.33. The Bertz CT molecular complexity index is 375. The van der Waals surface area contributed by atoms with Crippen molar-refractivity contribution in [2.24, 2.45) is 5.92 Å². The van der Waals surface area contributed by atoms with Crippen molar-refractivity contribution in [3.05, 3.63) is 12.4 Å². The maximum Gasteiger partial charge on any atom is 0.234 e. The summed E-state index contributed by atoms with van der Waals surface area (Å²) in [5.74, 6) is 1.85. The van der Waals surface area contributed by atoms with Crippen molar-refractivity contribution in [3.8, 4) is 5.88 Å². The third-order valence-electron chi connectivity index (χ3n) is 3.27. The van der Waals surface area contributed by atoms with Crippen LogP contribution in [0.1, 0.15) is 32.6 Å². The molecule has 5 heteroatoms. The minimum absolute atomic E-state index is 0.286. The van der Waals surface area contributed by atoms with E-state index in [2.05, 4.69) is 15.3 Å². The Morgan fingerprint density at radius 2 is 2.22 bits per heavy atom. The topological polar surface area (TPSA) is 47.0 Å². The van der Waals surface area contributed by atoms with Gasteiger partial charge in [0.25, 0.3) is 0 Å². The quantitative estimate of drug-likeness (QED) is 0.835. The van der Waals surface area contributed by atoms with E-state index in [1.54, 1.807) is 12.4 Å². The van der Waals surface area contributed by atoms with Gasteiger partial charge in [0.1, 0.15) is 5.82 Å². The lowest BCUT2D eigenvalue weighted by atomic mass is 9.89. The maximum atomic E-state index is 6.33. The van der Waals surface area contributed by atoms with Crippen LogP contribution in [0.4, 0.5) is 5.82 Å². The molecule has 1 aromatic heterocycles. The minimum Gasteiger partial charge on any atom is -0.477 e. The van der Waals surface area contributed by atoms with E-state index in [0.717, 1.165) is 18.8 Å². The van der Waals surface area contributed by atoms with Gasteiger partial charge in [0, 0.05) is 11.9 Å². The van der Waals surface area contributed by atoms with Crippen molar-refractivity contribution in [1.29, 1.82) is 0 Å². The van der Waals surface area contributed by atoms with Crippen LogP contribution in [-0.2, 0) is 0 Å². The molecule has 1 aromatic rings. The number of halogens is 1. The van der Waals surface area contributed by atoms with Crippen LogP contribution in [0.2, 0.25) is 0 Å². The van der Waals surface area contributed by atoms with Gasteiger partial charge in [-0.1, -0.05) is 12.8 Å². The Hall–Kier alpha value is -1.03. The van der Waals surface area contributed by atoms with Gasteiger partial charge in [-0.3, -0.25) is 4.98 Å². The molecular formula is C13H20ClN3O. The first-order valence-electron chi connectivity index (χ1n) is 6.62. The zero-order chi connectivity index (χ0) is 12.8. The molecule has 4 nitrogen and oxygen atoms in total. The summed E-state index contributed by atoms with van der Waals surface area (Å²) >= 11 is 6.33. The Balaban J connectivity index is 1.87. The molecule has 0 aliphatic heterocycles. The second-order valence-electron chi connectivity index (χ2n) is 4.62. The molecule has 1 saturated carbocycles. The van der Waals surface area contributed by atoms with Gasteiger partial charge in [0.15, 0.2) is 0 Å². The van der Waals surface area contributed by atoms with Crippen molar-refractivity contribution < 1.29 is 4.74 Å². The number of rotatable bonds is 5. The molecule has 0 saturated heterocycles. The van der Waals surface area contributed by atoms with Crippen molar-refractivity contribution in [1.82, 2.24) is 9.97 Å². The summed E-state index contributed by atoms with van der Waals surface area (Å²) in [4.78, 5) is 8.44. The summed E-state index contributed by atoms with van der Waals surface area (Å²) in [5.41, 5.74) is 0. The van der Waals surface area contributed by atoms with Crippen LogP contribution in [-0.4, -0.2) is 28.5 Å². The van der Waals surface area contributed by atoms with Gasteiger partial charge in [-0.25, -0.2) is 0 Å². The van der Waals surface area contributed by atoms with E-state index >= 15 is 0 Å². The second kappa shape index (κ2) is 6.78. The first-order chi connectivity index (χ1) is 8.79. The number of ether oxygens (including phenoxy) is 1. The molecule has 18 heavy (non-hydrogen) atoms. The Kier molecular flexibility index (Phi) is 5.05.